The molecular weight excluding hydrogens is 346 g/mol. The molecule has 0 spiro atoms. The largest absolute Gasteiger partial charge is 0.481 e. The van der Waals surface area contributed by atoms with E-state index in [0.717, 1.165) is 5.56 Å². The minimum atomic E-state index is -0.824. The van der Waals surface area contributed by atoms with Crippen LogP contribution in [0.2, 0.25) is 5.02 Å². The van der Waals surface area contributed by atoms with Crippen molar-refractivity contribution >= 4 is 23.5 Å². The molecule has 1 saturated carbocycles. The van der Waals surface area contributed by atoms with E-state index in [-0.39, 0.29) is 11.8 Å². The normalized spacial score (nSPS) is 19.7. The molecule has 2 aromatic rings. The molecule has 2 atom stereocenters. The first kappa shape index (κ1) is 17.4. The Bertz CT molecular complexity index is 777. The van der Waals surface area contributed by atoms with E-state index in [0.29, 0.717) is 49.0 Å². The molecule has 0 saturated heterocycles. The average Bonchev–Trinajstić information content (AvgIpc) is 3.24. The van der Waals surface area contributed by atoms with Crippen molar-refractivity contribution in [2.24, 2.45) is 11.8 Å². The molecule has 1 aliphatic rings. The Balaban J connectivity index is 1.48. The fourth-order valence-corrected chi connectivity index (χ4v) is 3.17. The van der Waals surface area contributed by atoms with Crippen molar-refractivity contribution < 1.29 is 19.2 Å². The second kappa shape index (κ2) is 7.65. The number of carboxylic acid groups (broad SMARTS) is 1. The van der Waals surface area contributed by atoms with Crippen LogP contribution in [0.15, 0.2) is 28.8 Å². The quantitative estimate of drug-likeness (QED) is 0.817. The number of benzene rings is 1. The zero-order valence-electron chi connectivity index (χ0n) is 13.4. The van der Waals surface area contributed by atoms with Gasteiger partial charge in [-0.1, -0.05) is 28.9 Å². The van der Waals surface area contributed by atoms with E-state index in [1.54, 1.807) is 18.2 Å². The summed E-state index contributed by atoms with van der Waals surface area (Å²) >= 11 is 5.94. The lowest BCUT2D eigenvalue weighted by Gasteiger charge is -2.09. The molecule has 1 heterocycles. The summed E-state index contributed by atoms with van der Waals surface area (Å²) in [6, 6.07) is 7.15. The maximum absolute atomic E-state index is 12.1. The summed E-state index contributed by atoms with van der Waals surface area (Å²) in [6.45, 7) is 0.365. The van der Waals surface area contributed by atoms with Gasteiger partial charge in [-0.25, -0.2) is 0 Å². The Morgan fingerprint density at radius 3 is 2.84 bits per heavy atom. The molecule has 1 amide bonds. The monoisotopic (exact) mass is 363 g/mol. The molecule has 3 rings (SSSR count). The second-order valence-corrected chi connectivity index (χ2v) is 6.54. The molecule has 1 aliphatic carbocycles. The zero-order valence-corrected chi connectivity index (χ0v) is 14.2. The van der Waals surface area contributed by atoms with Gasteiger partial charge in [-0.05, 0) is 31.4 Å². The van der Waals surface area contributed by atoms with E-state index in [4.69, 9.17) is 21.2 Å². The molecule has 2 N–H and O–H groups in total. The molecule has 0 bridgehead atoms. The highest BCUT2D eigenvalue weighted by molar-refractivity contribution is 6.30. The van der Waals surface area contributed by atoms with Gasteiger partial charge in [0, 0.05) is 29.5 Å². The fraction of sp³-hybridized carbons (Fsp3) is 0.412. The van der Waals surface area contributed by atoms with E-state index in [2.05, 4.69) is 15.5 Å². The molecule has 0 unspecified atom stereocenters. The predicted molar refractivity (Wildman–Crippen MR) is 89.9 cm³/mol. The van der Waals surface area contributed by atoms with Crippen LogP contribution < -0.4 is 5.32 Å². The van der Waals surface area contributed by atoms with Crippen molar-refractivity contribution in [3.8, 4) is 11.4 Å². The molecule has 25 heavy (non-hydrogen) atoms. The van der Waals surface area contributed by atoms with Crippen molar-refractivity contribution in [3.05, 3.63) is 35.2 Å². The molecule has 1 aromatic heterocycles. The predicted octanol–water partition coefficient (Wildman–Crippen LogP) is 2.55. The van der Waals surface area contributed by atoms with Crippen LogP contribution in [0, 0.1) is 11.8 Å². The number of nitrogens with zero attached hydrogens (tertiary/aromatic N) is 2. The zero-order chi connectivity index (χ0) is 17.8. The van der Waals surface area contributed by atoms with Gasteiger partial charge in [0.2, 0.25) is 17.6 Å². The van der Waals surface area contributed by atoms with Gasteiger partial charge in [0.05, 0.1) is 5.92 Å². The van der Waals surface area contributed by atoms with Crippen LogP contribution in [-0.4, -0.2) is 33.7 Å². The van der Waals surface area contributed by atoms with Crippen LogP contribution in [-0.2, 0) is 16.0 Å². The molecule has 1 aromatic carbocycles. The standard InChI is InChI=1S/C17H18ClN3O4/c18-13-3-1-2-10(9-13)15-20-14(25-21-15)6-7-19-16(22)11-4-5-12(8-11)17(23)24/h1-3,9,11-12H,4-8H2,(H,19,22)(H,23,24)/t11-,12+/m0/s1. The Labute approximate surface area is 149 Å². The third-order valence-electron chi connectivity index (χ3n) is 4.34. The molecule has 8 heteroatoms. The van der Waals surface area contributed by atoms with Crippen LogP contribution in [0.3, 0.4) is 0 Å². The first-order valence-corrected chi connectivity index (χ1v) is 8.50. The number of aromatic nitrogens is 2. The average molecular weight is 364 g/mol. The number of carbonyl (C=O) groups excluding carboxylic acids is 1. The molecule has 132 valence electrons. The first-order valence-electron chi connectivity index (χ1n) is 8.12. The third-order valence-corrected chi connectivity index (χ3v) is 4.58. The second-order valence-electron chi connectivity index (χ2n) is 6.11. The van der Waals surface area contributed by atoms with E-state index >= 15 is 0 Å². The minimum Gasteiger partial charge on any atom is -0.481 e. The molecule has 1 fully saturated rings. The van der Waals surface area contributed by atoms with Crippen LogP contribution in [0.25, 0.3) is 11.4 Å². The number of hydrogen-bond donors (Lipinski definition) is 2. The Morgan fingerprint density at radius 2 is 2.12 bits per heavy atom. The number of nitrogens with one attached hydrogen (secondary N) is 1. The van der Waals surface area contributed by atoms with E-state index in [1.807, 2.05) is 6.07 Å². The van der Waals surface area contributed by atoms with Crippen LogP contribution >= 0.6 is 11.6 Å². The Morgan fingerprint density at radius 1 is 1.32 bits per heavy atom. The lowest BCUT2D eigenvalue weighted by Crippen LogP contribution is -2.31. The van der Waals surface area contributed by atoms with Crippen molar-refractivity contribution in [3.63, 3.8) is 0 Å². The number of halogens is 1. The van der Waals surface area contributed by atoms with E-state index < -0.39 is 11.9 Å². The van der Waals surface area contributed by atoms with Gasteiger partial charge in [-0.2, -0.15) is 4.98 Å². The van der Waals surface area contributed by atoms with Crippen molar-refractivity contribution in [2.75, 3.05) is 6.54 Å². The summed E-state index contributed by atoms with van der Waals surface area (Å²) in [6.07, 6.45) is 1.98. The maximum atomic E-state index is 12.1. The minimum absolute atomic E-state index is 0.113. The Hall–Kier alpha value is -2.41. The van der Waals surface area contributed by atoms with E-state index in [1.165, 1.54) is 0 Å². The van der Waals surface area contributed by atoms with Crippen molar-refractivity contribution in [1.29, 1.82) is 0 Å². The van der Waals surface area contributed by atoms with Gasteiger partial charge >= 0.3 is 5.97 Å². The van der Waals surface area contributed by atoms with Crippen molar-refractivity contribution in [2.45, 2.75) is 25.7 Å². The summed E-state index contributed by atoms with van der Waals surface area (Å²) in [7, 11) is 0. The maximum Gasteiger partial charge on any atom is 0.306 e. The van der Waals surface area contributed by atoms with Gasteiger partial charge < -0.3 is 14.9 Å². The summed E-state index contributed by atoms with van der Waals surface area (Å²) in [5.74, 6) is -0.709. The van der Waals surface area contributed by atoms with E-state index in [9.17, 15) is 9.59 Å². The summed E-state index contributed by atoms with van der Waals surface area (Å²) in [5, 5.41) is 16.3. The lowest BCUT2D eigenvalue weighted by atomic mass is 10.0. The Kier molecular flexibility index (Phi) is 5.33. The highest BCUT2D eigenvalue weighted by Crippen LogP contribution is 2.31. The number of carboxylic acids is 1. The molecule has 7 nitrogen and oxygen atoms in total. The van der Waals surface area contributed by atoms with Crippen molar-refractivity contribution in [1.82, 2.24) is 15.5 Å². The number of carbonyl (C=O) groups is 2. The topological polar surface area (TPSA) is 105 Å². The number of rotatable bonds is 6. The van der Waals surface area contributed by atoms with Gasteiger partial charge in [-0.3, -0.25) is 9.59 Å². The first-order chi connectivity index (χ1) is 12.0. The summed E-state index contributed by atoms with van der Waals surface area (Å²) in [5.41, 5.74) is 0.761. The summed E-state index contributed by atoms with van der Waals surface area (Å²) < 4.78 is 5.18. The van der Waals surface area contributed by atoms with Gasteiger partial charge in [0.25, 0.3) is 0 Å². The van der Waals surface area contributed by atoms with Gasteiger partial charge in [0.1, 0.15) is 0 Å². The smallest absolute Gasteiger partial charge is 0.306 e. The highest BCUT2D eigenvalue weighted by Gasteiger charge is 2.33. The van der Waals surface area contributed by atoms with Crippen LogP contribution in [0.4, 0.5) is 0 Å². The van der Waals surface area contributed by atoms with Gasteiger partial charge in [-0.15, -0.1) is 0 Å². The van der Waals surface area contributed by atoms with Crippen LogP contribution in [0.5, 0.6) is 0 Å². The fourth-order valence-electron chi connectivity index (χ4n) is 2.98. The lowest BCUT2D eigenvalue weighted by molar-refractivity contribution is -0.141. The number of aliphatic carboxylic acids is 1. The number of hydrogen-bond acceptors (Lipinski definition) is 5. The molecule has 0 radical (unpaired) electrons. The van der Waals surface area contributed by atoms with Gasteiger partial charge in [0.15, 0.2) is 0 Å². The van der Waals surface area contributed by atoms with Crippen LogP contribution in [0.1, 0.15) is 25.2 Å². The highest BCUT2D eigenvalue weighted by atomic mass is 35.5. The molecule has 0 aliphatic heterocycles. The number of amides is 1. The SMILES string of the molecule is O=C(O)[C@@H]1CC[C@H](C(=O)NCCc2nc(-c3cccc(Cl)c3)no2)C1. The summed E-state index contributed by atoms with van der Waals surface area (Å²) in [4.78, 5) is 27.3. The third kappa shape index (κ3) is 4.36. The molecular formula is C17H18ClN3O4.